The maximum Gasteiger partial charge on any atom is 0.322 e. The number of benzene rings is 1. The summed E-state index contributed by atoms with van der Waals surface area (Å²) in [7, 11) is 0. The summed E-state index contributed by atoms with van der Waals surface area (Å²) in [6.45, 7) is 2.54. The largest absolute Gasteiger partial charge is 0.322 e. The molecule has 1 aliphatic rings. The Morgan fingerprint density at radius 3 is 2.50 bits per heavy atom. The van der Waals surface area contributed by atoms with Crippen molar-refractivity contribution in [2.75, 3.05) is 18.4 Å². The van der Waals surface area contributed by atoms with E-state index in [0.717, 1.165) is 0 Å². The number of hydrogen-bond acceptors (Lipinski definition) is 2. The Bertz CT molecular complexity index is 539. The van der Waals surface area contributed by atoms with Gasteiger partial charge in [0, 0.05) is 17.8 Å². The van der Waals surface area contributed by atoms with Crippen LogP contribution in [0.15, 0.2) is 24.3 Å². The van der Waals surface area contributed by atoms with E-state index in [1.54, 1.807) is 29.2 Å². The van der Waals surface area contributed by atoms with Gasteiger partial charge in [0.1, 0.15) is 0 Å². The number of ketones is 1. The molecule has 0 atom stereocenters. The quantitative estimate of drug-likeness (QED) is 0.660. The van der Waals surface area contributed by atoms with Gasteiger partial charge in [-0.05, 0) is 49.9 Å². The van der Waals surface area contributed by atoms with Gasteiger partial charge in [-0.2, -0.15) is 0 Å². The van der Waals surface area contributed by atoms with Gasteiger partial charge in [-0.1, -0.05) is 5.92 Å². The average Bonchev–Trinajstić information content (AvgIpc) is 3.23. The molecule has 0 spiro atoms. The average molecular weight is 270 g/mol. The Morgan fingerprint density at radius 2 is 2.00 bits per heavy atom. The molecule has 2 rings (SSSR count). The molecule has 2 amide bonds. The monoisotopic (exact) mass is 270 g/mol. The number of amides is 2. The lowest BCUT2D eigenvalue weighted by atomic mass is 10.1. The fourth-order valence-electron chi connectivity index (χ4n) is 1.93. The lowest BCUT2D eigenvalue weighted by Crippen LogP contribution is -2.36. The van der Waals surface area contributed by atoms with Crippen molar-refractivity contribution in [1.29, 1.82) is 0 Å². The van der Waals surface area contributed by atoms with Crippen LogP contribution in [0.2, 0.25) is 0 Å². The Morgan fingerprint density at radius 1 is 1.35 bits per heavy atom. The summed E-state index contributed by atoms with van der Waals surface area (Å²) in [5, 5.41) is 2.81. The molecule has 104 valence electrons. The highest BCUT2D eigenvalue weighted by molar-refractivity contribution is 5.95. The molecule has 1 N–H and O–H groups in total. The molecule has 1 aliphatic carbocycles. The molecule has 0 radical (unpaired) electrons. The van der Waals surface area contributed by atoms with E-state index in [2.05, 4.69) is 11.2 Å². The van der Waals surface area contributed by atoms with Crippen molar-refractivity contribution in [1.82, 2.24) is 4.90 Å². The van der Waals surface area contributed by atoms with Crippen LogP contribution in [-0.2, 0) is 0 Å². The third-order valence-corrected chi connectivity index (χ3v) is 3.29. The zero-order valence-electron chi connectivity index (χ0n) is 11.6. The third-order valence-electron chi connectivity index (χ3n) is 3.29. The minimum Gasteiger partial charge on any atom is -0.313 e. The first-order chi connectivity index (χ1) is 9.60. The van der Waals surface area contributed by atoms with Gasteiger partial charge < -0.3 is 10.2 Å². The third kappa shape index (κ3) is 3.86. The predicted molar refractivity (Wildman–Crippen MR) is 78.6 cm³/mol. The molecule has 1 aromatic rings. The molecule has 0 aromatic heterocycles. The SMILES string of the molecule is C#CCN(CC1CC1)C(=O)Nc1ccc(C(C)=O)cc1. The topological polar surface area (TPSA) is 49.4 Å². The van der Waals surface area contributed by atoms with E-state index in [-0.39, 0.29) is 11.8 Å². The van der Waals surface area contributed by atoms with Crippen LogP contribution in [0.4, 0.5) is 10.5 Å². The van der Waals surface area contributed by atoms with Gasteiger partial charge in [0.2, 0.25) is 0 Å². The number of carbonyl (C=O) groups is 2. The second kappa shape index (κ2) is 6.25. The number of nitrogens with zero attached hydrogens (tertiary/aromatic N) is 1. The van der Waals surface area contributed by atoms with Crippen molar-refractivity contribution >= 4 is 17.5 Å². The van der Waals surface area contributed by atoms with E-state index < -0.39 is 0 Å². The number of rotatable bonds is 5. The van der Waals surface area contributed by atoms with Gasteiger partial charge in [0.05, 0.1) is 6.54 Å². The minimum atomic E-state index is -0.189. The van der Waals surface area contributed by atoms with Crippen molar-refractivity contribution in [3.8, 4) is 12.3 Å². The fraction of sp³-hybridized carbons (Fsp3) is 0.375. The van der Waals surface area contributed by atoms with Gasteiger partial charge in [0.25, 0.3) is 0 Å². The van der Waals surface area contributed by atoms with Crippen molar-refractivity contribution in [2.24, 2.45) is 5.92 Å². The number of anilines is 1. The summed E-state index contributed by atoms with van der Waals surface area (Å²) >= 11 is 0. The predicted octanol–water partition coefficient (Wildman–Crippen LogP) is 2.77. The Labute approximate surface area is 119 Å². The lowest BCUT2D eigenvalue weighted by Gasteiger charge is -2.20. The molecule has 1 fully saturated rings. The first kappa shape index (κ1) is 14.1. The van der Waals surface area contributed by atoms with E-state index in [0.29, 0.717) is 30.3 Å². The minimum absolute atomic E-state index is 0.00516. The normalized spacial score (nSPS) is 13.4. The van der Waals surface area contributed by atoms with Gasteiger partial charge in [-0.25, -0.2) is 4.79 Å². The highest BCUT2D eigenvalue weighted by Crippen LogP contribution is 2.29. The van der Waals surface area contributed by atoms with Crippen LogP contribution in [0.5, 0.6) is 0 Å². The van der Waals surface area contributed by atoms with E-state index in [9.17, 15) is 9.59 Å². The van der Waals surface area contributed by atoms with Crippen LogP contribution < -0.4 is 5.32 Å². The van der Waals surface area contributed by atoms with Crippen molar-refractivity contribution in [3.63, 3.8) is 0 Å². The summed E-state index contributed by atoms with van der Waals surface area (Å²) in [6, 6.07) is 6.65. The zero-order chi connectivity index (χ0) is 14.5. The molecule has 1 aromatic carbocycles. The number of terminal acetylenes is 1. The molecule has 0 bridgehead atoms. The summed E-state index contributed by atoms with van der Waals surface area (Å²) in [5.41, 5.74) is 1.29. The summed E-state index contributed by atoms with van der Waals surface area (Å²) in [5.74, 6) is 3.11. The highest BCUT2D eigenvalue weighted by atomic mass is 16.2. The van der Waals surface area contributed by atoms with E-state index in [1.165, 1.54) is 19.8 Å². The van der Waals surface area contributed by atoms with Crippen LogP contribution in [0, 0.1) is 18.3 Å². The first-order valence-electron chi connectivity index (χ1n) is 6.70. The second-order valence-electron chi connectivity index (χ2n) is 5.09. The molecule has 4 nitrogen and oxygen atoms in total. The Kier molecular flexibility index (Phi) is 4.41. The Balaban J connectivity index is 1.97. The summed E-state index contributed by atoms with van der Waals surface area (Å²) < 4.78 is 0. The van der Waals surface area contributed by atoms with Gasteiger partial charge in [0.15, 0.2) is 5.78 Å². The Hall–Kier alpha value is -2.28. The van der Waals surface area contributed by atoms with Crippen LogP contribution in [0.1, 0.15) is 30.1 Å². The summed E-state index contributed by atoms with van der Waals surface area (Å²) in [6.07, 6.45) is 7.64. The number of carbonyl (C=O) groups excluding carboxylic acids is 2. The molecular weight excluding hydrogens is 252 g/mol. The van der Waals surface area contributed by atoms with Crippen LogP contribution in [0.25, 0.3) is 0 Å². The van der Waals surface area contributed by atoms with E-state index in [1.807, 2.05) is 0 Å². The molecule has 0 unspecified atom stereocenters. The lowest BCUT2D eigenvalue weighted by molar-refractivity contribution is 0.101. The molecule has 0 aliphatic heterocycles. The molecule has 20 heavy (non-hydrogen) atoms. The van der Waals surface area contributed by atoms with Crippen LogP contribution in [0.3, 0.4) is 0 Å². The number of hydrogen-bond donors (Lipinski definition) is 1. The molecule has 4 heteroatoms. The second-order valence-corrected chi connectivity index (χ2v) is 5.09. The zero-order valence-corrected chi connectivity index (χ0v) is 11.6. The number of urea groups is 1. The van der Waals surface area contributed by atoms with Crippen LogP contribution >= 0.6 is 0 Å². The summed E-state index contributed by atoms with van der Waals surface area (Å²) in [4.78, 5) is 25.0. The van der Waals surface area contributed by atoms with Crippen LogP contribution in [-0.4, -0.2) is 29.8 Å². The van der Waals surface area contributed by atoms with E-state index >= 15 is 0 Å². The maximum absolute atomic E-state index is 12.1. The fourth-order valence-corrected chi connectivity index (χ4v) is 1.93. The van der Waals surface area contributed by atoms with E-state index in [4.69, 9.17) is 6.42 Å². The highest BCUT2D eigenvalue weighted by Gasteiger charge is 2.26. The standard InChI is InChI=1S/C16H18N2O2/c1-3-10-18(11-13-4-5-13)16(20)17-15-8-6-14(7-9-15)12(2)19/h1,6-9,13H,4-5,10-11H2,2H3,(H,17,20). The van der Waals surface area contributed by atoms with Crippen molar-refractivity contribution in [2.45, 2.75) is 19.8 Å². The maximum atomic E-state index is 12.1. The smallest absolute Gasteiger partial charge is 0.313 e. The molecule has 0 saturated heterocycles. The van der Waals surface area contributed by atoms with Gasteiger partial charge >= 0.3 is 6.03 Å². The first-order valence-corrected chi connectivity index (χ1v) is 6.70. The molecule has 1 saturated carbocycles. The van der Waals surface area contributed by atoms with Gasteiger partial charge in [-0.3, -0.25) is 4.79 Å². The van der Waals surface area contributed by atoms with Crippen molar-refractivity contribution < 1.29 is 9.59 Å². The number of Topliss-reactive ketones (excluding diaryl/α,β-unsaturated/α-hetero) is 1. The number of nitrogens with one attached hydrogen (secondary N) is 1. The van der Waals surface area contributed by atoms with Crippen molar-refractivity contribution in [3.05, 3.63) is 29.8 Å². The van der Waals surface area contributed by atoms with Gasteiger partial charge in [-0.15, -0.1) is 6.42 Å². The molecular formula is C16H18N2O2. The molecule has 0 heterocycles.